The molecule has 3 rings (SSSR count). The van der Waals surface area contributed by atoms with Crippen molar-refractivity contribution in [3.8, 4) is 16.9 Å². The largest absolute Gasteiger partial charge is 0.505 e. The zero-order chi connectivity index (χ0) is 16.2. The zero-order valence-electron chi connectivity index (χ0n) is 13.8. The van der Waals surface area contributed by atoms with E-state index in [1.807, 2.05) is 12.1 Å². The summed E-state index contributed by atoms with van der Waals surface area (Å²) in [5, 5.41) is 9.51. The second-order valence-corrected chi connectivity index (χ2v) is 6.77. The highest BCUT2D eigenvalue weighted by atomic mass is 19.1. The Labute approximate surface area is 138 Å². The Morgan fingerprint density at radius 2 is 1.70 bits per heavy atom. The molecule has 0 spiro atoms. The van der Waals surface area contributed by atoms with Crippen LogP contribution in [-0.4, -0.2) is 5.11 Å². The summed E-state index contributed by atoms with van der Waals surface area (Å²) >= 11 is 0. The average molecular weight is 312 g/mol. The molecule has 0 heterocycles. The number of halogens is 1. The van der Waals surface area contributed by atoms with Gasteiger partial charge in [0.05, 0.1) is 0 Å². The first-order valence-electron chi connectivity index (χ1n) is 8.76. The van der Waals surface area contributed by atoms with E-state index in [9.17, 15) is 9.50 Å². The SMILES string of the molecule is CCCC1CCC(c2ccc(-c3cccc(O)c3F)cc2)CC1. The standard InChI is InChI=1S/C21H25FO/c1-2-4-15-7-9-16(10-8-15)17-11-13-18(14-12-17)19-5-3-6-20(23)21(19)22/h3,5-6,11-16,23H,2,4,7-10H2,1H3. The summed E-state index contributed by atoms with van der Waals surface area (Å²) < 4.78 is 14.0. The van der Waals surface area contributed by atoms with Gasteiger partial charge in [0.1, 0.15) is 0 Å². The molecule has 1 aliphatic rings. The highest BCUT2D eigenvalue weighted by Crippen LogP contribution is 2.38. The molecule has 0 aromatic heterocycles. The van der Waals surface area contributed by atoms with E-state index in [1.165, 1.54) is 50.2 Å². The third-order valence-corrected chi connectivity index (χ3v) is 5.22. The summed E-state index contributed by atoms with van der Waals surface area (Å²) in [4.78, 5) is 0. The van der Waals surface area contributed by atoms with Gasteiger partial charge in [-0.2, -0.15) is 0 Å². The Hall–Kier alpha value is -1.83. The van der Waals surface area contributed by atoms with Crippen molar-refractivity contribution in [2.45, 2.75) is 51.4 Å². The monoisotopic (exact) mass is 312 g/mol. The van der Waals surface area contributed by atoms with Crippen LogP contribution in [0.2, 0.25) is 0 Å². The maximum atomic E-state index is 14.0. The van der Waals surface area contributed by atoms with Gasteiger partial charge >= 0.3 is 0 Å². The topological polar surface area (TPSA) is 20.2 Å². The van der Waals surface area contributed by atoms with Crippen LogP contribution in [0.25, 0.3) is 11.1 Å². The van der Waals surface area contributed by atoms with Crippen molar-refractivity contribution in [3.05, 3.63) is 53.8 Å². The predicted molar refractivity (Wildman–Crippen MR) is 93.1 cm³/mol. The van der Waals surface area contributed by atoms with Crippen molar-refractivity contribution >= 4 is 0 Å². The van der Waals surface area contributed by atoms with Gasteiger partial charge < -0.3 is 5.11 Å². The zero-order valence-corrected chi connectivity index (χ0v) is 13.8. The first-order chi connectivity index (χ1) is 11.2. The van der Waals surface area contributed by atoms with Crippen LogP contribution in [0.3, 0.4) is 0 Å². The molecule has 0 unspecified atom stereocenters. The summed E-state index contributed by atoms with van der Waals surface area (Å²) in [6.45, 7) is 2.27. The van der Waals surface area contributed by atoms with Gasteiger partial charge in [-0.25, -0.2) is 4.39 Å². The molecular formula is C21H25FO. The van der Waals surface area contributed by atoms with Crippen molar-refractivity contribution < 1.29 is 9.50 Å². The molecule has 0 atom stereocenters. The summed E-state index contributed by atoms with van der Waals surface area (Å²) in [5.74, 6) is 0.726. The smallest absolute Gasteiger partial charge is 0.172 e. The summed E-state index contributed by atoms with van der Waals surface area (Å²) in [5.41, 5.74) is 2.65. The minimum Gasteiger partial charge on any atom is -0.505 e. The number of aromatic hydroxyl groups is 1. The molecule has 0 bridgehead atoms. The van der Waals surface area contributed by atoms with Gasteiger partial charge in [-0.3, -0.25) is 0 Å². The molecule has 0 saturated heterocycles. The highest BCUT2D eigenvalue weighted by Gasteiger charge is 2.21. The van der Waals surface area contributed by atoms with Crippen molar-refractivity contribution in [1.29, 1.82) is 0 Å². The Morgan fingerprint density at radius 3 is 2.35 bits per heavy atom. The van der Waals surface area contributed by atoms with Crippen LogP contribution in [-0.2, 0) is 0 Å². The van der Waals surface area contributed by atoms with E-state index in [-0.39, 0.29) is 5.75 Å². The van der Waals surface area contributed by atoms with Crippen LogP contribution < -0.4 is 0 Å². The average Bonchev–Trinajstić information content (AvgIpc) is 2.59. The van der Waals surface area contributed by atoms with Gasteiger partial charge in [-0.1, -0.05) is 56.2 Å². The third kappa shape index (κ3) is 3.57. The second kappa shape index (κ2) is 7.16. The van der Waals surface area contributed by atoms with E-state index >= 15 is 0 Å². The molecule has 1 fully saturated rings. The Kier molecular flexibility index (Phi) is 5.00. The number of hydrogen-bond acceptors (Lipinski definition) is 1. The van der Waals surface area contributed by atoms with Crippen LogP contribution in [0.1, 0.15) is 56.9 Å². The maximum absolute atomic E-state index is 14.0. The summed E-state index contributed by atoms with van der Waals surface area (Å²) in [7, 11) is 0. The fraction of sp³-hybridized carbons (Fsp3) is 0.429. The normalized spacial score (nSPS) is 21.3. The van der Waals surface area contributed by atoms with Crippen LogP contribution in [0, 0.1) is 11.7 Å². The van der Waals surface area contributed by atoms with Gasteiger partial charge in [0, 0.05) is 5.56 Å². The molecule has 122 valence electrons. The third-order valence-electron chi connectivity index (χ3n) is 5.22. The van der Waals surface area contributed by atoms with Crippen LogP contribution in [0.4, 0.5) is 4.39 Å². The fourth-order valence-electron chi connectivity index (χ4n) is 3.87. The molecule has 0 aliphatic heterocycles. The lowest BCUT2D eigenvalue weighted by Crippen LogP contribution is -2.13. The highest BCUT2D eigenvalue weighted by molar-refractivity contribution is 5.66. The molecular weight excluding hydrogens is 287 g/mol. The van der Waals surface area contributed by atoms with Gasteiger partial charge in [-0.15, -0.1) is 0 Å². The van der Waals surface area contributed by atoms with Gasteiger partial charge in [0.2, 0.25) is 0 Å². The minimum atomic E-state index is -0.541. The lowest BCUT2D eigenvalue weighted by atomic mass is 9.77. The maximum Gasteiger partial charge on any atom is 0.172 e. The van der Waals surface area contributed by atoms with E-state index in [4.69, 9.17) is 0 Å². The molecule has 1 aliphatic carbocycles. The summed E-state index contributed by atoms with van der Waals surface area (Å²) in [6.07, 6.45) is 7.86. The molecule has 1 nitrogen and oxygen atoms in total. The lowest BCUT2D eigenvalue weighted by molar-refractivity contribution is 0.308. The molecule has 2 aromatic carbocycles. The second-order valence-electron chi connectivity index (χ2n) is 6.77. The van der Waals surface area contributed by atoms with Crippen molar-refractivity contribution in [1.82, 2.24) is 0 Å². The van der Waals surface area contributed by atoms with Crippen molar-refractivity contribution in [3.63, 3.8) is 0 Å². The van der Waals surface area contributed by atoms with Crippen LogP contribution in [0.15, 0.2) is 42.5 Å². The molecule has 1 N–H and O–H groups in total. The van der Waals surface area contributed by atoms with Gasteiger partial charge in [-0.05, 0) is 54.7 Å². The van der Waals surface area contributed by atoms with E-state index in [2.05, 4.69) is 19.1 Å². The van der Waals surface area contributed by atoms with E-state index in [0.717, 1.165) is 11.5 Å². The molecule has 2 heteroatoms. The number of rotatable bonds is 4. The molecule has 0 amide bonds. The lowest BCUT2D eigenvalue weighted by Gasteiger charge is -2.28. The van der Waals surface area contributed by atoms with Crippen LogP contribution in [0.5, 0.6) is 5.75 Å². The molecule has 1 saturated carbocycles. The summed E-state index contributed by atoms with van der Waals surface area (Å²) in [6, 6.07) is 13.0. The number of benzene rings is 2. The molecule has 23 heavy (non-hydrogen) atoms. The Balaban J connectivity index is 1.72. The van der Waals surface area contributed by atoms with Crippen LogP contribution >= 0.6 is 0 Å². The Bertz CT molecular complexity index is 639. The van der Waals surface area contributed by atoms with Crippen molar-refractivity contribution in [2.75, 3.05) is 0 Å². The first kappa shape index (κ1) is 16.0. The van der Waals surface area contributed by atoms with E-state index in [1.54, 1.807) is 12.1 Å². The molecule has 2 aromatic rings. The van der Waals surface area contributed by atoms with Crippen molar-refractivity contribution in [2.24, 2.45) is 5.92 Å². The quantitative estimate of drug-likeness (QED) is 0.705. The van der Waals surface area contributed by atoms with E-state index < -0.39 is 5.82 Å². The predicted octanol–water partition coefficient (Wildman–Crippen LogP) is 6.27. The van der Waals surface area contributed by atoms with E-state index in [0.29, 0.717) is 11.5 Å². The first-order valence-corrected chi connectivity index (χ1v) is 8.76. The number of phenols is 1. The van der Waals surface area contributed by atoms with Gasteiger partial charge in [0.15, 0.2) is 11.6 Å². The fourth-order valence-corrected chi connectivity index (χ4v) is 3.87. The minimum absolute atomic E-state index is 0.291. The number of hydrogen-bond donors (Lipinski definition) is 1. The number of phenolic OH excluding ortho intramolecular Hbond substituents is 1. The molecule has 0 radical (unpaired) electrons. The van der Waals surface area contributed by atoms with Gasteiger partial charge in [0.25, 0.3) is 0 Å². The Morgan fingerprint density at radius 1 is 1.00 bits per heavy atom.